The van der Waals surface area contributed by atoms with Gasteiger partial charge in [0.2, 0.25) is 0 Å². The van der Waals surface area contributed by atoms with E-state index < -0.39 is 0 Å². The number of amides is 2. The fraction of sp³-hybridized carbons (Fsp3) is 0.227. The Hall–Kier alpha value is -2.77. The molecule has 0 unspecified atom stereocenters. The Labute approximate surface area is 182 Å². The highest BCUT2D eigenvalue weighted by atomic mass is 35.5. The van der Waals surface area contributed by atoms with Crippen LogP contribution in [0.25, 0.3) is 10.6 Å². The number of nitrogens with zero attached hydrogens (tertiary/aromatic N) is 2. The Morgan fingerprint density at radius 1 is 1.07 bits per heavy atom. The van der Waals surface area contributed by atoms with Gasteiger partial charge in [-0.2, -0.15) is 0 Å². The highest BCUT2D eigenvalue weighted by Crippen LogP contribution is 2.26. The van der Waals surface area contributed by atoms with Crippen molar-refractivity contribution in [1.82, 2.24) is 15.2 Å². The van der Waals surface area contributed by atoms with Crippen LogP contribution in [0.4, 0.5) is 4.39 Å². The van der Waals surface area contributed by atoms with Crippen LogP contribution in [0, 0.1) is 5.82 Å². The SMILES string of the molecule is O=C(NC1CCN(C(=O)c2csc(-c3ccc(Cl)cc3)n2)CC1)c1ccc(F)cc1. The molecule has 0 saturated carbocycles. The third-order valence-corrected chi connectivity index (χ3v) is 6.18. The van der Waals surface area contributed by atoms with Crippen molar-refractivity contribution in [2.24, 2.45) is 0 Å². The molecule has 0 bridgehead atoms. The van der Waals surface area contributed by atoms with Crippen LogP contribution in [-0.4, -0.2) is 40.8 Å². The van der Waals surface area contributed by atoms with E-state index in [0.29, 0.717) is 42.2 Å². The summed E-state index contributed by atoms with van der Waals surface area (Å²) in [6.07, 6.45) is 1.32. The first-order chi connectivity index (χ1) is 14.5. The molecule has 4 rings (SSSR count). The van der Waals surface area contributed by atoms with Crippen molar-refractivity contribution in [3.8, 4) is 10.6 Å². The zero-order valence-electron chi connectivity index (χ0n) is 16.0. The minimum atomic E-state index is -0.375. The lowest BCUT2D eigenvalue weighted by atomic mass is 10.0. The number of piperidine rings is 1. The Kier molecular flexibility index (Phi) is 6.11. The Bertz CT molecular complexity index is 1050. The molecule has 5 nitrogen and oxygen atoms in total. The predicted octanol–water partition coefficient (Wildman–Crippen LogP) is 4.64. The van der Waals surface area contributed by atoms with Gasteiger partial charge in [-0.1, -0.05) is 23.7 Å². The summed E-state index contributed by atoms with van der Waals surface area (Å²) in [5.74, 6) is -0.707. The van der Waals surface area contributed by atoms with Crippen molar-refractivity contribution in [3.05, 3.63) is 76.0 Å². The third-order valence-electron chi connectivity index (χ3n) is 5.04. The van der Waals surface area contributed by atoms with E-state index in [2.05, 4.69) is 10.3 Å². The molecule has 0 atom stereocenters. The van der Waals surface area contributed by atoms with Gasteiger partial charge in [0.1, 0.15) is 16.5 Å². The van der Waals surface area contributed by atoms with E-state index in [1.807, 2.05) is 12.1 Å². The number of nitrogens with one attached hydrogen (secondary N) is 1. The van der Waals surface area contributed by atoms with Gasteiger partial charge in [-0.15, -0.1) is 11.3 Å². The lowest BCUT2D eigenvalue weighted by Crippen LogP contribution is -2.46. The quantitative estimate of drug-likeness (QED) is 0.639. The molecule has 3 aromatic rings. The molecule has 0 aliphatic carbocycles. The summed E-state index contributed by atoms with van der Waals surface area (Å²) in [5, 5.41) is 6.16. The van der Waals surface area contributed by atoms with Crippen molar-refractivity contribution >= 4 is 34.8 Å². The molecular formula is C22H19ClFN3O2S. The van der Waals surface area contributed by atoms with Crippen LogP contribution in [0.3, 0.4) is 0 Å². The first-order valence-electron chi connectivity index (χ1n) is 9.57. The van der Waals surface area contributed by atoms with Crippen molar-refractivity contribution < 1.29 is 14.0 Å². The van der Waals surface area contributed by atoms with Crippen molar-refractivity contribution in [2.45, 2.75) is 18.9 Å². The van der Waals surface area contributed by atoms with Crippen LogP contribution in [-0.2, 0) is 0 Å². The van der Waals surface area contributed by atoms with Gasteiger partial charge < -0.3 is 10.2 Å². The molecular weight excluding hydrogens is 425 g/mol. The lowest BCUT2D eigenvalue weighted by molar-refractivity contribution is 0.0693. The zero-order chi connectivity index (χ0) is 21.1. The summed E-state index contributed by atoms with van der Waals surface area (Å²) in [5.41, 5.74) is 1.77. The minimum Gasteiger partial charge on any atom is -0.349 e. The monoisotopic (exact) mass is 443 g/mol. The highest BCUT2D eigenvalue weighted by Gasteiger charge is 2.26. The van der Waals surface area contributed by atoms with E-state index in [0.717, 1.165) is 10.6 Å². The maximum absolute atomic E-state index is 13.0. The Morgan fingerprint density at radius 3 is 2.40 bits per heavy atom. The summed E-state index contributed by atoms with van der Waals surface area (Å²) in [6, 6.07) is 12.8. The van der Waals surface area contributed by atoms with Crippen LogP contribution in [0.2, 0.25) is 5.02 Å². The van der Waals surface area contributed by atoms with Crippen LogP contribution in [0.5, 0.6) is 0 Å². The smallest absolute Gasteiger partial charge is 0.273 e. The number of rotatable bonds is 4. The summed E-state index contributed by atoms with van der Waals surface area (Å²) in [6.45, 7) is 1.09. The van der Waals surface area contributed by atoms with Gasteiger partial charge in [-0.25, -0.2) is 9.37 Å². The number of aromatic nitrogens is 1. The molecule has 1 fully saturated rings. The van der Waals surface area contributed by atoms with Crippen molar-refractivity contribution in [2.75, 3.05) is 13.1 Å². The number of carbonyl (C=O) groups excluding carboxylic acids is 2. The maximum Gasteiger partial charge on any atom is 0.273 e. The van der Waals surface area contributed by atoms with Gasteiger partial charge >= 0.3 is 0 Å². The van der Waals surface area contributed by atoms with Gasteiger partial charge in [-0.05, 0) is 49.2 Å². The van der Waals surface area contributed by atoms with E-state index in [4.69, 9.17) is 11.6 Å². The summed E-state index contributed by atoms with van der Waals surface area (Å²) >= 11 is 7.34. The van der Waals surface area contributed by atoms with Gasteiger partial charge in [0.05, 0.1) is 0 Å². The molecule has 0 radical (unpaired) electrons. The summed E-state index contributed by atoms with van der Waals surface area (Å²) < 4.78 is 13.0. The van der Waals surface area contributed by atoms with Crippen molar-refractivity contribution in [1.29, 1.82) is 0 Å². The lowest BCUT2D eigenvalue weighted by Gasteiger charge is -2.32. The largest absolute Gasteiger partial charge is 0.349 e. The number of carbonyl (C=O) groups is 2. The van der Waals surface area contributed by atoms with Crippen LogP contribution < -0.4 is 5.32 Å². The number of hydrogen-bond donors (Lipinski definition) is 1. The first kappa shape index (κ1) is 20.5. The number of hydrogen-bond acceptors (Lipinski definition) is 4. The molecule has 154 valence electrons. The highest BCUT2D eigenvalue weighted by molar-refractivity contribution is 7.13. The average Bonchev–Trinajstić information content (AvgIpc) is 3.25. The minimum absolute atomic E-state index is 0.0216. The van der Waals surface area contributed by atoms with Crippen molar-refractivity contribution in [3.63, 3.8) is 0 Å². The molecule has 2 aromatic carbocycles. The van der Waals surface area contributed by atoms with E-state index in [1.165, 1.54) is 35.6 Å². The topological polar surface area (TPSA) is 62.3 Å². The van der Waals surface area contributed by atoms with Gasteiger partial charge in [0.25, 0.3) is 11.8 Å². The predicted molar refractivity (Wildman–Crippen MR) is 115 cm³/mol. The van der Waals surface area contributed by atoms with Gasteiger partial charge in [-0.3, -0.25) is 9.59 Å². The normalized spacial score (nSPS) is 14.5. The Balaban J connectivity index is 1.33. The van der Waals surface area contributed by atoms with Gasteiger partial charge in [0, 0.05) is 40.7 Å². The zero-order valence-corrected chi connectivity index (χ0v) is 17.5. The molecule has 1 aromatic heterocycles. The molecule has 1 aliphatic heterocycles. The molecule has 2 heterocycles. The molecule has 0 spiro atoms. The maximum atomic E-state index is 13.0. The molecule has 1 aliphatic rings. The fourth-order valence-electron chi connectivity index (χ4n) is 3.36. The third kappa shape index (κ3) is 4.68. The Morgan fingerprint density at radius 2 is 1.73 bits per heavy atom. The molecule has 8 heteroatoms. The average molecular weight is 444 g/mol. The molecule has 2 amide bonds. The van der Waals surface area contributed by atoms with E-state index in [1.54, 1.807) is 22.4 Å². The molecule has 30 heavy (non-hydrogen) atoms. The second kappa shape index (κ2) is 8.93. The van der Waals surface area contributed by atoms with Crippen LogP contribution >= 0.6 is 22.9 Å². The van der Waals surface area contributed by atoms with Crippen LogP contribution in [0.15, 0.2) is 53.9 Å². The summed E-state index contributed by atoms with van der Waals surface area (Å²) in [4.78, 5) is 31.3. The molecule has 1 saturated heterocycles. The number of thiazole rings is 1. The first-order valence-corrected chi connectivity index (χ1v) is 10.8. The van der Waals surface area contributed by atoms with Gasteiger partial charge in [0.15, 0.2) is 0 Å². The number of benzene rings is 2. The van der Waals surface area contributed by atoms with Crippen LogP contribution in [0.1, 0.15) is 33.7 Å². The second-order valence-electron chi connectivity index (χ2n) is 7.09. The van der Waals surface area contributed by atoms with E-state index in [-0.39, 0.29) is 23.7 Å². The standard InChI is InChI=1S/C22H19ClFN3O2S/c23-16-5-1-15(2-6-16)21-26-19(13-30-21)22(29)27-11-9-18(10-12-27)25-20(28)14-3-7-17(24)8-4-14/h1-8,13,18H,9-12H2,(H,25,28). The van der Waals surface area contributed by atoms with E-state index >= 15 is 0 Å². The number of halogens is 2. The summed E-state index contributed by atoms with van der Waals surface area (Å²) in [7, 11) is 0. The second-order valence-corrected chi connectivity index (χ2v) is 8.39. The number of likely N-dealkylation sites (tertiary alicyclic amines) is 1. The fourth-order valence-corrected chi connectivity index (χ4v) is 4.28. The molecule has 1 N–H and O–H groups in total. The van der Waals surface area contributed by atoms with E-state index in [9.17, 15) is 14.0 Å².